The van der Waals surface area contributed by atoms with Gasteiger partial charge in [-0.15, -0.1) is 11.3 Å². The Labute approximate surface area is 102 Å². The lowest BCUT2D eigenvalue weighted by molar-refractivity contribution is 0.224. The van der Waals surface area contributed by atoms with Crippen molar-refractivity contribution in [2.75, 3.05) is 0 Å². The first-order chi connectivity index (χ1) is 7.18. The van der Waals surface area contributed by atoms with Crippen LogP contribution < -0.4 is 0 Å². The van der Waals surface area contributed by atoms with E-state index in [1.54, 1.807) is 23.6 Å². The molecule has 0 saturated carbocycles. The highest BCUT2D eigenvalue weighted by atomic mass is 35.5. The minimum Gasteiger partial charge on any atom is -0.383 e. The second-order valence-corrected chi connectivity index (χ2v) is 4.88. The minimum atomic E-state index is -0.698. The molecule has 2 rings (SSSR count). The predicted octanol–water partition coefficient (Wildman–Crippen LogP) is 4.14. The van der Waals surface area contributed by atoms with E-state index in [2.05, 4.69) is 0 Å². The van der Waals surface area contributed by atoms with Crippen LogP contribution in [0.25, 0.3) is 0 Å². The Morgan fingerprint density at radius 2 is 1.93 bits per heavy atom. The smallest absolute Gasteiger partial charge is 0.115 e. The molecule has 1 aromatic heterocycles. The number of benzene rings is 1. The molecule has 4 heteroatoms. The van der Waals surface area contributed by atoms with E-state index in [9.17, 15) is 5.11 Å². The Hall–Kier alpha value is -0.540. The molecular weight excluding hydrogens is 251 g/mol. The van der Waals surface area contributed by atoms with Gasteiger partial charge in [-0.2, -0.15) is 0 Å². The van der Waals surface area contributed by atoms with Crippen LogP contribution in [0.3, 0.4) is 0 Å². The molecule has 1 heterocycles. The van der Waals surface area contributed by atoms with Crippen LogP contribution in [0.4, 0.5) is 0 Å². The van der Waals surface area contributed by atoms with Gasteiger partial charge in [0.15, 0.2) is 0 Å². The average Bonchev–Trinajstić information content (AvgIpc) is 2.65. The van der Waals surface area contributed by atoms with E-state index in [1.807, 2.05) is 12.1 Å². The van der Waals surface area contributed by atoms with Gasteiger partial charge in [-0.1, -0.05) is 41.4 Å². The largest absolute Gasteiger partial charge is 0.383 e. The maximum Gasteiger partial charge on any atom is 0.115 e. The standard InChI is InChI=1S/C11H8Cl2OS/c12-7-5-10(15-6-7)11(14)8-3-1-2-4-9(8)13/h1-6,11,14H. The molecule has 0 amide bonds. The zero-order valence-electron chi connectivity index (χ0n) is 7.65. The lowest BCUT2D eigenvalue weighted by Gasteiger charge is -2.10. The normalized spacial score (nSPS) is 12.7. The van der Waals surface area contributed by atoms with E-state index in [4.69, 9.17) is 23.2 Å². The van der Waals surface area contributed by atoms with Crippen molar-refractivity contribution in [3.05, 3.63) is 56.2 Å². The molecule has 1 atom stereocenters. The molecule has 1 aromatic carbocycles. The van der Waals surface area contributed by atoms with Crippen molar-refractivity contribution < 1.29 is 5.11 Å². The third kappa shape index (κ3) is 2.34. The quantitative estimate of drug-likeness (QED) is 0.859. The lowest BCUT2D eigenvalue weighted by Crippen LogP contribution is -1.97. The molecule has 1 N–H and O–H groups in total. The molecule has 78 valence electrons. The van der Waals surface area contributed by atoms with Crippen molar-refractivity contribution in [3.63, 3.8) is 0 Å². The van der Waals surface area contributed by atoms with Crippen molar-refractivity contribution >= 4 is 34.5 Å². The van der Waals surface area contributed by atoms with Gasteiger partial charge in [-0.25, -0.2) is 0 Å². The maximum absolute atomic E-state index is 10.1. The molecule has 0 fully saturated rings. The van der Waals surface area contributed by atoms with Gasteiger partial charge in [0.1, 0.15) is 6.10 Å². The predicted molar refractivity (Wildman–Crippen MR) is 64.8 cm³/mol. The topological polar surface area (TPSA) is 20.2 Å². The zero-order chi connectivity index (χ0) is 10.8. The Kier molecular flexibility index (Phi) is 3.32. The molecule has 0 aliphatic heterocycles. The Morgan fingerprint density at radius 1 is 1.20 bits per heavy atom. The highest BCUT2D eigenvalue weighted by molar-refractivity contribution is 7.10. The molecular formula is C11H8Cl2OS. The van der Waals surface area contributed by atoms with Gasteiger partial charge in [0.05, 0.1) is 5.02 Å². The monoisotopic (exact) mass is 258 g/mol. The summed E-state index contributed by atoms with van der Waals surface area (Å²) in [4.78, 5) is 0.799. The Morgan fingerprint density at radius 3 is 2.53 bits per heavy atom. The molecule has 2 aromatic rings. The molecule has 0 saturated heterocycles. The van der Waals surface area contributed by atoms with Crippen molar-refractivity contribution in [2.45, 2.75) is 6.10 Å². The van der Waals surface area contributed by atoms with Crippen LogP contribution in [0.5, 0.6) is 0 Å². The average molecular weight is 259 g/mol. The van der Waals surface area contributed by atoms with Crippen LogP contribution >= 0.6 is 34.5 Å². The van der Waals surface area contributed by atoms with Crippen LogP contribution in [-0.4, -0.2) is 5.11 Å². The summed E-state index contributed by atoms with van der Waals surface area (Å²) in [7, 11) is 0. The zero-order valence-corrected chi connectivity index (χ0v) is 9.98. The number of rotatable bonds is 2. The number of hydrogen-bond acceptors (Lipinski definition) is 2. The van der Waals surface area contributed by atoms with E-state index in [1.165, 1.54) is 11.3 Å². The minimum absolute atomic E-state index is 0.564. The SMILES string of the molecule is OC(c1cc(Cl)cs1)c1ccccc1Cl. The number of hydrogen-bond donors (Lipinski definition) is 1. The van der Waals surface area contributed by atoms with Crippen molar-refractivity contribution in [1.82, 2.24) is 0 Å². The Bertz CT molecular complexity index is 467. The van der Waals surface area contributed by atoms with E-state index in [0.717, 1.165) is 4.88 Å². The van der Waals surface area contributed by atoms with Crippen LogP contribution in [0.15, 0.2) is 35.7 Å². The van der Waals surface area contributed by atoms with Gasteiger partial charge in [0, 0.05) is 20.8 Å². The molecule has 0 aliphatic rings. The fourth-order valence-corrected chi connectivity index (χ4v) is 2.64. The van der Waals surface area contributed by atoms with Crippen LogP contribution in [0.2, 0.25) is 10.0 Å². The van der Waals surface area contributed by atoms with E-state index in [0.29, 0.717) is 15.6 Å². The van der Waals surface area contributed by atoms with Crippen LogP contribution in [-0.2, 0) is 0 Å². The van der Waals surface area contributed by atoms with Crippen LogP contribution in [0, 0.1) is 0 Å². The maximum atomic E-state index is 10.1. The molecule has 0 bridgehead atoms. The summed E-state index contributed by atoms with van der Waals surface area (Å²) in [6, 6.07) is 9.00. The summed E-state index contributed by atoms with van der Waals surface area (Å²) in [5, 5.41) is 13.0. The lowest BCUT2D eigenvalue weighted by atomic mass is 10.1. The summed E-state index contributed by atoms with van der Waals surface area (Å²) in [6.45, 7) is 0. The first kappa shape index (κ1) is 11.0. The summed E-state index contributed by atoms with van der Waals surface area (Å²) in [6.07, 6.45) is -0.698. The van der Waals surface area contributed by atoms with Crippen molar-refractivity contribution in [3.8, 4) is 0 Å². The van der Waals surface area contributed by atoms with Gasteiger partial charge in [0.25, 0.3) is 0 Å². The molecule has 15 heavy (non-hydrogen) atoms. The molecule has 0 spiro atoms. The van der Waals surface area contributed by atoms with E-state index in [-0.39, 0.29) is 0 Å². The Balaban J connectivity index is 2.36. The second kappa shape index (κ2) is 4.54. The second-order valence-electron chi connectivity index (χ2n) is 3.09. The van der Waals surface area contributed by atoms with Gasteiger partial charge >= 0.3 is 0 Å². The summed E-state index contributed by atoms with van der Waals surface area (Å²) in [5.41, 5.74) is 0.706. The summed E-state index contributed by atoms with van der Waals surface area (Å²) < 4.78 is 0. The van der Waals surface area contributed by atoms with E-state index < -0.39 is 6.10 Å². The molecule has 1 nitrogen and oxygen atoms in total. The van der Waals surface area contributed by atoms with Gasteiger partial charge in [-0.05, 0) is 12.1 Å². The summed E-state index contributed by atoms with van der Waals surface area (Å²) in [5.74, 6) is 0. The highest BCUT2D eigenvalue weighted by Crippen LogP contribution is 2.32. The number of aliphatic hydroxyl groups is 1. The van der Waals surface area contributed by atoms with Crippen molar-refractivity contribution in [2.24, 2.45) is 0 Å². The van der Waals surface area contributed by atoms with E-state index >= 15 is 0 Å². The summed E-state index contributed by atoms with van der Waals surface area (Å²) >= 11 is 13.2. The third-order valence-corrected chi connectivity index (χ3v) is 3.73. The first-order valence-corrected chi connectivity index (χ1v) is 5.98. The fraction of sp³-hybridized carbons (Fsp3) is 0.0909. The molecule has 0 aliphatic carbocycles. The first-order valence-electron chi connectivity index (χ1n) is 4.35. The van der Waals surface area contributed by atoms with Gasteiger partial charge in [0.2, 0.25) is 0 Å². The number of thiophene rings is 1. The molecule has 1 unspecified atom stereocenters. The number of halogens is 2. The molecule has 0 radical (unpaired) electrons. The van der Waals surface area contributed by atoms with Gasteiger partial charge < -0.3 is 5.11 Å². The third-order valence-electron chi connectivity index (χ3n) is 2.06. The number of aliphatic hydroxyl groups excluding tert-OH is 1. The highest BCUT2D eigenvalue weighted by Gasteiger charge is 2.14. The van der Waals surface area contributed by atoms with Gasteiger partial charge in [-0.3, -0.25) is 0 Å². The van der Waals surface area contributed by atoms with Crippen LogP contribution in [0.1, 0.15) is 16.5 Å². The fourth-order valence-electron chi connectivity index (χ4n) is 1.32. The van der Waals surface area contributed by atoms with Crippen molar-refractivity contribution in [1.29, 1.82) is 0 Å².